The van der Waals surface area contributed by atoms with Crippen LogP contribution >= 0.6 is 0 Å². The summed E-state index contributed by atoms with van der Waals surface area (Å²) in [6, 6.07) is 6.83. The third-order valence-electron chi connectivity index (χ3n) is 4.24. The molecular formula is C21H20F2N2O7. The van der Waals surface area contributed by atoms with Gasteiger partial charge in [-0.15, -0.1) is 0 Å². The third kappa shape index (κ3) is 6.76. The Hall–Kier alpha value is -4.02. The van der Waals surface area contributed by atoms with Crippen LogP contribution in [0.2, 0.25) is 0 Å². The Morgan fingerprint density at radius 3 is 2.47 bits per heavy atom. The lowest BCUT2D eigenvalue weighted by molar-refractivity contribution is -0.384. The molecule has 1 amide bonds. The van der Waals surface area contributed by atoms with Gasteiger partial charge in [-0.05, 0) is 54.8 Å². The summed E-state index contributed by atoms with van der Waals surface area (Å²) in [4.78, 5) is 34.5. The van der Waals surface area contributed by atoms with Gasteiger partial charge in [0.15, 0.2) is 18.1 Å². The highest BCUT2D eigenvalue weighted by molar-refractivity contribution is 5.96. The van der Waals surface area contributed by atoms with Gasteiger partial charge < -0.3 is 19.5 Å². The molecule has 1 N–H and O–H groups in total. The van der Waals surface area contributed by atoms with Crippen molar-refractivity contribution in [1.82, 2.24) is 0 Å². The number of anilines is 1. The summed E-state index contributed by atoms with van der Waals surface area (Å²) in [6.45, 7) is -0.244. The minimum Gasteiger partial charge on any atom is -0.493 e. The second-order valence-electron chi connectivity index (χ2n) is 6.49. The monoisotopic (exact) mass is 450 g/mol. The maximum absolute atomic E-state index is 12.4. The molecule has 0 saturated carbocycles. The summed E-state index contributed by atoms with van der Waals surface area (Å²) in [6.07, 6.45) is 2.34. The molecule has 0 aliphatic heterocycles. The molecule has 0 heterocycles. The van der Waals surface area contributed by atoms with Crippen LogP contribution in [-0.2, 0) is 14.3 Å². The van der Waals surface area contributed by atoms with Gasteiger partial charge in [-0.2, -0.15) is 8.78 Å². The molecule has 0 saturated heterocycles. The van der Waals surface area contributed by atoms with Crippen LogP contribution in [0.5, 0.6) is 11.5 Å². The van der Waals surface area contributed by atoms with E-state index in [2.05, 4.69) is 10.1 Å². The van der Waals surface area contributed by atoms with Crippen molar-refractivity contribution in [2.45, 2.75) is 20.5 Å². The van der Waals surface area contributed by atoms with Gasteiger partial charge in [0.2, 0.25) is 0 Å². The number of nitro benzene ring substituents is 1. The van der Waals surface area contributed by atoms with E-state index in [0.29, 0.717) is 11.1 Å². The number of ether oxygens (including phenoxy) is 3. The van der Waals surface area contributed by atoms with Crippen molar-refractivity contribution < 1.29 is 37.5 Å². The molecule has 2 rings (SSSR count). The molecule has 0 fully saturated rings. The number of alkyl halides is 2. The van der Waals surface area contributed by atoms with Gasteiger partial charge in [-0.25, -0.2) is 4.79 Å². The second-order valence-corrected chi connectivity index (χ2v) is 6.49. The lowest BCUT2D eigenvalue weighted by Gasteiger charge is -2.10. The second kappa shape index (κ2) is 10.8. The first-order chi connectivity index (χ1) is 15.1. The number of carbonyl (C=O) groups is 2. The largest absolute Gasteiger partial charge is 0.493 e. The molecule has 0 bridgehead atoms. The predicted molar refractivity (Wildman–Crippen MR) is 111 cm³/mol. The number of carbonyl (C=O) groups excluding carboxylic acids is 2. The molecule has 2 aromatic rings. The molecule has 0 aromatic heterocycles. The Bertz CT molecular complexity index is 1050. The highest BCUT2D eigenvalue weighted by Crippen LogP contribution is 2.30. The van der Waals surface area contributed by atoms with Gasteiger partial charge >= 0.3 is 12.6 Å². The van der Waals surface area contributed by atoms with E-state index in [1.165, 1.54) is 43.5 Å². The first-order valence-electron chi connectivity index (χ1n) is 9.14. The Labute approximate surface area is 181 Å². The quantitative estimate of drug-likeness (QED) is 0.265. The number of halogens is 2. The number of hydrogen-bond acceptors (Lipinski definition) is 7. The van der Waals surface area contributed by atoms with Gasteiger partial charge in [0.25, 0.3) is 11.6 Å². The van der Waals surface area contributed by atoms with Crippen LogP contribution in [0, 0.1) is 24.0 Å². The van der Waals surface area contributed by atoms with Crippen LogP contribution in [0.4, 0.5) is 20.2 Å². The smallest absolute Gasteiger partial charge is 0.387 e. The van der Waals surface area contributed by atoms with Crippen molar-refractivity contribution in [3.8, 4) is 11.5 Å². The van der Waals surface area contributed by atoms with Crippen LogP contribution in [0.15, 0.2) is 36.4 Å². The molecule has 0 atom stereocenters. The summed E-state index contributed by atoms with van der Waals surface area (Å²) in [5.41, 5.74) is 1.58. The fraction of sp³-hybridized carbons (Fsp3) is 0.238. The number of nitrogens with zero attached hydrogens (tertiary/aromatic N) is 1. The Kier molecular flexibility index (Phi) is 8.22. The number of esters is 1. The van der Waals surface area contributed by atoms with Crippen molar-refractivity contribution in [1.29, 1.82) is 0 Å². The molecule has 0 radical (unpaired) electrons. The Morgan fingerprint density at radius 1 is 1.16 bits per heavy atom. The van der Waals surface area contributed by atoms with Crippen molar-refractivity contribution in [2.24, 2.45) is 0 Å². The van der Waals surface area contributed by atoms with Gasteiger partial charge in [0.1, 0.15) is 5.69 Å². The van der Waals surface area contributed by atoms with E-state index in [4.69, 9.17) is 9.47 Å². The molecule has 0 unspecified atom stereocenters. The molecular weight excluding hydrogens is 430 g/mol. The number of methoxy groups -OCH3 is 1. The SMILES string of the molecule is COc1cc(/C=C/C(=O)OCC(=O)Nc2cc(C)c(C)cc2[N+](=O)[O-])ccc1OC(F)F. The number of nitrogens with one attached hydrogen (secondary N) is 1. The van der Waals surface area contributed by atoms with E-state index < -0.39 is 30.0 Å². The summed E-state index contributed by atoms with van der Waals surface area (Å²) < 4.78 is 38.8. The molecule has 2 aromatic carbocycles. The van der Waals surface area contributed by atoms with Crippen LogP contribution in [-0.4, -0.2) is 37.1 Å². The Morgan fingerprint density at radius 2 is 1.84 bits per heavy atom. The van der Waals surface area contributed by atoms with Crippen LogP contribution in [0.3, 0.4) is 0 Å². The average Bonchev–Trinajstić information content (AvgIpc) is 2.73. The number of nitro groups is 1. The highest BCUT2D eigenvalue weighted by Gasteiger charge is 2.18. The summed E-state index contributed by atoms with van der Waals surface area (Å²) in [7, 11) is 1.27. The normalized spacial score (nSPS) is 10.8. The van der Waals surface area contributed by atoms with E-state index in [0.717, 1.165) is 11.6 Å². The molecule has 0 aliphatic rings. The number of benzene rings is 2. The number of aryl methyl sites for hydroxylation is 2. The van der Waals surface area contributed by atoms with E-state index in [1.54, 1.807) is 13.8 Å². The zero-order valence-corrected chi connectivity index (χ0v) is 17.4. The van der Waals surface area contributed by atoms with E-state index in [1.807, 2.05) is 0 Å². The van der Waals surface area contributed by atoms with Crippen molar-refractivity contribution in [3.63, 3.8) is 0 Å². The zero-order chi connectivity index (χ0) is 23.8. The van der Waals surface area contributed by atoms with E-state index in [9.17, 15) is 28.5 Å². The number of amides is 1. The van der Waals surface area contributed by atoms with Crippen LogP contribution in [0.25, 0.3) is 6.08 Å². The first kappa shape index (κ1) is 24.3. The average molecular weight is 450 g/mol. The number of rotatable bonds is 9. The molecule has 9 nitrogen and oxygen atoms in total. The maximum Gasteiger partial charge on any atom is 0.387 e. The molecule has 0 spiro atoms. The third-order valence-corrected chi connectivity index (χ3v) is 4.24. The summed E-state index contributed by atoms with van der Waals surface area (Å²) in [5, 5.41) is 13.5. The number of hydrogen-bond donors (Lipinski definition) is 1. The first-order valence-corrected chi connectivity index (χ1v) is 9.14. The lowest BCUT2D eigenvalue weighted by atomic mass is 10.1. The topological polar surface area (TPSA) is 117 Å². The molecule has 11 heteroatoms. The van der Waals surface area contributed by atoms with E-state index in [-0.39, 0.29) is 22.9 Å². The molecule has 0 aliphatic carbocycles. The molecule has 32 heavy (non-hydrogen) atoms. The zero-order valence-electron chi connectivity index (χ0n) is 17.4. The summed E-state index contributed by atoms with van der Waals surface area (Å²) >= 11 is 0. The van der Waals surface area contributed by atoms with Crippen LogP contribution in [0.1, 0.15) is 16.7 Å². The van der Waals surface area contributed by atoms with Crippen LogP contribution < -0.4 is 14.8 Å². The van der Waals surface area contributed by atoms with Gasteiger partial charge in [0, 0.05) is 12.1 Å². The fourth-order valence-electron chi connectivity index (χ4n) is 2.57. The van der Waals surface area contributed by atoms with Crippen molar-refractivity contribution in [2.75, 3.05) is 19.0 Å². The summed E-state index contributed by atoms with van der Waals surface area (Å²) in [5.74, 6) is -1.75. The minimum atomic E-state index is -3.02. The van der Waals surface area contributed by atoms with E-state index >= 15 is 0 Å². The fourth-order valence-corrected chi connectivity index (χ4v) is 2.57. The Balaban J connectivity index is 1.97. The standard InChI is InChI=1S/C21H20F2N2O7/c1-12-8-15(16(25(28)29)9-13(12)2)24-19(26)11-31-20(27)7-5-14-4-6-17(32-21(22)23)18(10-14)30-3/h4-10,21H,11H2,1-3H3,(H,24,26)/b7-5+. The van der Waals surface area contributed by atoms with Crippen molar-refractivity contribution >= 4 is 29.3 Å². The maximum atomic E-state index is 12.4. The van der Waals surface area contributed by atoms with Gasteiger partial charge in [-0.3, -0.25) is 14.9 Å². The predicted octanol–water partition coefficient (Wildman–Crippen LogP) is 4.02. The van der Waals surface area contributed by atoms with Gasteiger partial charge in [0.05, 0.1) is 12.0 Å². The lowest BCUT2D eigenvalue weighted by Crippen LogP contribution is -2.20. The molecule has 170 valence electrons. The van der Waals surface area contributed by atoms with Crippen molar-refractivity contribution in [3.05, 3.63) is 63.2 Å². The minimum absolute atomic E-state index is 0.00658. The highest BCUT2D eigenvalue weighted by atomic mass is 19.3. The van der Waals surface area contributed by atoms with Gasteiger partial charge in [-0.1, -0.05) is 6.07 Å².